The molecular weight excluding hydrogens is 446 g/mol. The van der Waals surface area contributed by atoms with Crippen LogP contribution in [-0.2, 0) is 11.3 Å². The molecule has 0 unspecified atom stereocenters. The van der Waals surface area contributed by atoms with Crippen LogP contribution in [0.15, 0.2) is 65.6 Å². The molecule has 4 aromatic rings. The van der Waals surface area contributed by atoms with Crippen molar-refractivity contribution < 1.29 is 14.3 Å². The number of rotatable bonds is 6. The molecule has 2 amide bonds. The number of hydrogen-bond donors (Lipinski definition) is 2. The molecule has 0 saturated carbocycles. The number of hydrogen-bond acceptors (Lipinski definition) is 5. The van der Waals surface area contributed by atoms with Gasteiger partial charge in [-0.15, -0.1) is 5.10 Å². The molecule has 2 aromatic heterocycles. The van der Waals surface area contributed by atoms with E-state index in [2.05, 4.69) is 15.7 Å². The van der Waals surface area contributed by atoms with Gasteiger partial charge in [-0.3, -0.25) is 9.59 Å². The van der Waals surface area contributed by atoms with Gasteiger partial charge in [-0.25, -0.2) is 13.9 Å². The van der Waals surface area contributed by atoms with E-state index in [1.807, 2.05) is 13.0 Å². The maximum Gasteiger partial charge on any atom is 0.350 e. The van der Waals surface area contributed by atoms with Crippen LogP contribution in [0.5, 0.6) is 5.75 Å². The molecule has 0 fully saturated rings. The summed E-state index contributed by atoms with van der Waals surface area (Å²) in [7, 11) is 1.56. The number of carbonyl (C=O) groups excluding carboxylic acids is 2. The maximum atomic E-state index is 12.7. The van der Waals surface area contributed by atoms with Gasteiger partial charge in [-0.05, 0) is 61.0 Å². The number of pyridine rings is 1. The molecule has 0 aliphatic carbocycles. The SMILES string of the molecule is COc1ccc(NC(=O)c2ccc3nn(CC(=O)Nc4ccc(C)cc4Cl)c(=O)n3c2)cc1. The monoisotopic (exact) mass is 465 g/mol. The van der Waals surface area contributed by atoms with Gasteiger partial charge in [-0.2, -0.15) is 0 Å². The number of carbonyl (C=O) groups is 2. The second kappa shape index (κ2) is 9.17. The van der Waals surface area contributed by atoms with Crippen molar-refractivity contribution in [3.8, 4) is 5.75 Å². The number of aromatic nitrogens is 3. The first kappa shape index (κ1) is 22.1. The summed E-state index contributed by atoms with van der Waals surface area (Å²) in [6, 6.07) is 15.2. The van der Waals surface area contributed by atoms with Gasteiger partial charge in [0.2, 0.25) is 5.91 Å². The Bertz CT molecular complexity index is 1410. The Kier molecular flexibility index (Phi) is 6.14. The topological polar surface area (TPSA) is 107 Å². The molecule has 0 aliphatic rings. The normalized spacial score (nSPS) is 10.8. The third-order valence-electron chi connectivity index (χ3n) is 4.88. The van der Waals surface area contributed by atoms with Crippen LogP contribution in [0.4, 0.5) is 11.4 Å². The van der Waals surface area contributed by atoms with Gasteiger partial charge in [0.15, 0.2) is 5.65 Å². The predicted octanol–water partition coefficient (Wildman–Crippen LogP) is 3.36. The average Bonchev–Trinajstić information content (AvgIpc) is 3.10. The van der Waals surface area contributed by atoms with E-state index in [0.29, 0.717) is 27.8 Å². The summed E-state index contributed by atoms with van der Waals surface area (Å²) in [5, 5.41) is 9.99. The van der Waals surface area contributed by atoms with E-state index >= 15 is 0 Å². The van der Waals surface area contributed by atoms with Gasteiger partial charge in [0.05, 0.1) is 23.4 Å². The van der Waals surface area contributed by atoms with Crippen LogP contribution in [0.25, 0.3) is 5.65 Å². The van der Waals surface area contributed by atoms with E-state index in [1.165, 1.54) is 16.7 Å². The lowest BCUT2D eigenvalue weighted by molar-refractivity contribution is -0.117. The highest BCUT2D eigenvalue weighted by Crippen LogP contribution is 2.22. The van der Waals surface area contributed by atoms with Crippen LogP contribution in [0, 0.1) is 6.92 Å². The zero-order valence-electron chi connectivity index (χ0n) is 17.8. The van der Waals surface area contributed by atoms with Crippen molar-refractivity contribution in [3.05, 3.63) is 87.4 Å². The van der Waals surface area contributed by atoms with Crippen LogP contribution >= 0.6 is 11.6 Å². The number of nitrogens with zero attached hydrogens (tertiary/aromatic N) is 3. The molecule has 0 radical (unpaired) electrons. The molecule has 0 bridgehead atoms. The second-order valence-electron chi connectivity index (χ2n) is 7.30. The molecular formula is C23H20ClN5O4. The predicted molar refractivity (Wildman–Crippen MR) is 125 cm³/mol. The Labute approximate surface area is 193 Å². The Morgan fingerprint density at radius 2 is 1.82 bits per heavy atom. The average molecular weight is 466 g/mol. The van der Waals surface area contributed by atoms with E-state index in [4.69, 9.17) is 16.3 Å². The molecule has 10 heteroatoms. The van der Waals surface area contributed by atoms with E-state index in [0.717, 1.165) is 10.2 Å². The van der Waals surface area contributed by atoms with Crippen molar-refractivity contribution in [1.29, 1.82) is 0 Å². The van der Waals surface area contributed by atoms with Crippen LogP contribution in [0.2, 0.25) is 5.02 Å². The number of fused-ring (bicyclic) bond motifs is 1. The van der Waals surface area contributed by atoms with Crippen LogP contribution in [0.3, 0.4) is 0 Å². The number of ether oxygens (including phenoxy) is 1. The highest BCUT2D eigenvalue weighted by Gasteiger charge is 2.14. The van der Waals surface area contributed by atoms with Gasteiger partial charge < -0.3 is 15.4 Å². The molecule has 33 heavy (non-hydrogen) atoms. The number of halogens is 1. The van der Waals surface area contributed by atoms with Crippen molar-refractivity contribution >= 4 is 40.4 Å². The molecule has 2 heterocycles. The van der Waals surface area contributed by atoms with Crippen molar-refractivity contribution in [1.82, 2.24) is 14.2 Å². The number of methoxy groups -OCH3 is 1. The van der Waals surface area contributed by atoms with Crippen LogP contribution in [0.1, 0.15) is 15.9 Å². The summed E-state index contributed by atoms with van der Waals surface area (Å²) in [5.41, 5.74) is 2.01. The summed E-state index contributed by atoms with van der Waals surface area (Å²) in [4.78, 5) is 37.8. The van der Waals surface area contributed by atoms with E-state index in [9.17, 15) is 14.4 Å². The van der Waals surface area contributed by atoms with Gasteiger partial charge in [0.25, 0.3) is 5.91 Å². The number of nitrogens with one attached hydrogen (secondary N) is 2. The first-order valence-electron chi connectivity index (χ1n) is 9.94. The minimum absolute atomic E-state index is 0.260. The molecule has 9 nitrogen and oxygen atoms in total. The van der Waals surface area contributed by atoms with E-state index in [1.54, 1.807) is 49.6 Å². The molecule has 0 atom stereocenters. The number of aryl methyl sites for hydroxylation is 1. The lowest BCUT2D eigenvalue weighted by Gasteiger charge is -2.07. The molecule has 0 spiro atoms. The first-order chi connectivity index (χ1) is 15.8. The molecule has 168 valence electrons. The van der Waals surface area contributed by atoms with Crippen LogP contribution in [-0.4, -0.2) is 33.1 Å². The summed E-state index contributed by atoms with van der Waals surface area (Å²) in [6.07, 6.45) is 1.38. The summed E-state index contributed by atoms with van der Waals surface area (Å²) in [5.74, 6) is -0.181. The lowest BCUT2D eigenvalue weighted by atomic mass is 10.2. The van der Waals surface area contributed by atoms with Gasteiger partial charge >= 0.3 is 5.69 Å². The minimum Gasteiger partial charge on any atom is -0.497 e. The largest absolute Gasteiger partial charge is 0.497 e. The van der Waals surface area contributed by atoms with Crippen molar-refractivity contribution in [2.45, 2.75) is 13.5 Å². The fraction of sp³-hybridized carbons (Fsp3) is 0.130. The Hall–Kier alpha value is -4.11. The third-order valence-corrected chi connectivity index (χ3v) is 5.19. The second-order valence-corrected chi connectivity index (χ2v) is 7.71. The van der Waals surface area contributed by atoms with Crippen molar-refractivity contribution in [2.24, 2.45) is 0 Å². The molecule has 0 saturated heterocycles. The van der Waals surface area contributed by atoms with Crippen molar-refractivity contribution in [3.63, 3.8) is 0 Å². The molecule has 0 aliphatic heterocycles. The first-order valence-corrected chi connectivity index (χ1v) is 10.3. The quantitative estimate of drug-likeness (QED) is 0.454. The van der Waals surface area contributed by atoms with Gasteiger partial charge in [-0.1, -0.05) is 17.7 Å². The fourth-order valence-electron chi connectivity index (χ4n) is 3.18. The zero-order valence-corrected chi connectivity index (χ0v) is 18.6. The third kappa shape index (κ3) is 4.88. The van der Waals surface area contributed by atoms with Crippen LogP contribution < -0.4 is 21.1 Å². The Balaban J connectivity index is 1.50. The standard InChI is InChI=1S/C23H20ClN5O4/c1-14-3-9-19(18(24)11-14)26-21(30)13-29-23(32)28-12-15(4-10-20(28)27-29)22(31)25-16-5-7-17(33-2)8-6-16/h3-12H,13H2,1-2H3,(H,25,31)(H,26,30). The fourth-order valence-corrected chi connectivity index (χ4v) is 3.46. The summed E-state index contributed by atoms with van der Waals surface area (Å²) >= 11 is 6.15. The van der Waals surface area contributed by atoms with Crippen molar-refractivity contribution in [2.75, 3.05) is 17.7 Å². The molecule has 4 rings (SSSR count). The Morgan fingerprint density at radius 1 is 1.06 bits per heavy atom. The van der Waals surface area contributed by atoms with Gasteiger partial charge in [0.1, 0.15) is 12.3 Å². The highest BCUT2D eigenvalue weighted by molar-refractivity contribution is 6.33. The highest BCUT2D eigenvalue weighted by atomic mass is 35.5. The lowest BCUT2D eigenvalue weighted by Crippen LogP contribution is -2.28. The zero-order chi connectivity index (χ0) is 23.5. The van der Waals surface area contributed by atoms with E-state index in [-0.39, 0.29) is 12.1 Å². The minimum atomic E-state index is -0.547. The molecule has 2 N–H and O–H groups in total. The summed E-state index contributed by atoms with van der Waals surface area (Å²) < 4.78 is 7.34. The number of anilines is 2. The smallest absolute Gasteiger partial charge is 0.350 e. The van der Waals surface area contributed by atoms with Gasteiger partial charge in [0, 0.05) is 11.9 Å². The maximum absolute atomic E-state index is 12.7. The number of benzene rings is 2. The summed E-state index contributed by atoms with van der Waals surface area (Å²) in [6.45, 7) is 1.58. The number of amides is 2. The Morgan fingerprint density at radius 3 is 2.52 bits per heavy atom. The van der Waals surface area contributed by atoms with E-state index < -0.39 is 17.5 Å². The molecule has 2 aromatic carbocycles.